The van der Waals surface area contributed by atoms with Gasteiger partial charge < -0.3 is 4.90 Å². The topological polar surface area (TPSA) is 15.6 Å². The summed E-state index contributed by atoms with van der Waals surface area (Å²) in [5.74, 6) is 1.05. The first-order chi connectivity index (χ1) is 7.83. The molecule has 0 bridgehead atoms. The van der Waals surface area contributed by atoms with Gasteiger partial charge in [-0.05, 0) is 33.6 Å². The molecule has 0 amide bonds. The van der Waals surface area contributed by atoms with Crippen molar-refractivity contribution in [3.63, 3.8) is 0 Å². The molecule has 0 N–H and O–H groups in total. The fraction of sp³-hybridized carbons (Fsp3) is 0.154. The highest BCUT2D eigenvalue weighted by molar-refractivity contribution is 9.11. The Kier molecular flexibility index (Phi) is 2.40. The van der Waals surface area contributed by atoms with Crippen LogP contribution in [0.15, 0.2) is 58.2 Å². The van der Waals surface area contributed by atoms with E-state index in [2.05, 4.69) is 51.3 Å². The normalized spacial score (nSPS) is 22.8. The second kappa shape index (κ2) is 3.91. The first kappa shape index (κ1) is 9.85. The van der Waals surface area contributed by atoms with Gasteiger partial charge in [0.15, 0.2) is 0 Å². The van der Waals surface area contributed by atoms with E-state index in [1.165, 1.54) is 5.56 Å². The van der Waals surface area contributed by atoms with Crippen molar-refractivity contribution in [3.05, 3.63) is 58.7 Å². The maximum absolute atomic E-state index is 4.71. The Labute approximate surface area is 103 Å². The second-order valence-corrected chi connectivity index (χ2v) is 4.83. The summed E-state index contributed by atoms with van der Waals surface area (Å²) in [6.07, 6.45) is 6.16. The molecule has 80 valence electrons. The fourth-order valence-electron chi connectivity index (χ4n) is 2.01. The highest BCUT2D eigenvalue weighted by Gasteiger charge is 2.24. The van der Waals surface area contributed by atoms with E-state index in [4.69, 9.17) is 4.99 Å². The molecule has 0 aliphatic carbocycles. The molecule has 0 saturated heterocycles. The van der Waals surface area contributed by atoms with E-state index in [1.54, 1.807) is 0 Å². The molecule has 0 unspecified atom stereocenters. The van der Waals surface area contributed by atoms with Crippen LogP contribution in [0.3, 0.4) is 0 Å². The molecule has 0 saturated carbocycles. The van der Waals surface area contributed by atoms with Gasteiger partial charge in [0.1, 0.15) is 5.84 Å². The van der Waals surface area contributed by atoms with Crippen LogP contribution in [0.25, 0.3) is 0 Å². The molecule has 0 spiro atoms. The van der Waals surface area contributed by atoms with Crippen molar-refractivity contribution in [2.75, 3.05) is 6.54 Å². The van der Waals surface area contributed by atoms with E-state index < -0.39 is 0 Å². The third-order valence-corrected chi connectivity index (χ3v) is 3.28. The molecule has 16 heavy (non-hydrogen) atoms. The van der Waals surface area contributed by atoms with Crippen molar-refractivity contribution in [3.8, 4) is 0 Å². The zero-order chi connectivity index (χ0) is 11.0. The number of amidine groups is 1. The molecule has 1 aromatic carbocycles. The number of halogens is 1. The van der Waals surface area contributed by atoms with Crippen LogP contribution in [0.4, 0.5) is 0 Å². The van der Waals surface area contributed by atoms with Crippen molar-refractivity contribution in [1.29, 1.82) is 0 Å². The van der Waals surface area contributed by atoms with Gasteiger partial charge in [-0.2, -0.15) is 0 Å². The van der Waals surface area contributed by atoms with Crippen LogP contribution in [-0.2, 0) is 0 Å². The molecular formula is C13H11BrN2. The summed E-state index contributed by atoms with van der Waals surface area (Å²) in [7, 11) is 0. The average molecular weight is 275 g/mol. The number of benzene rings is 1. The summed E-state index contributed by atoms with van der Waals surface area (Å²) in [5, 5.41) is 0. The standard InChI is InChI=1S/C13H11BrN2/c14-11-6-7-13-15-12(9-16(13)8-11)10-4-2-1-3-5-10/h1-8,12H,9H2/t12-/m0/s1. The van der Waals surface area contributed by atoms with E-state index in [9.17, 15) is 0 Å². The highest BCUT2D eigenvalue weighted by atomic mass is 79.9. The van der Waals surface area contributed by atoms with Gasteiger partial charge in [-0.25, -0.2) is 0 Å². The van der Waals surface area contributed by atoms with E-state index in [0.717, 1.165) is 16.9 Å². The molecule has 3 heteroatoms. The van der Waals surface area contributed by atoms with Crippen LogP contribution in [0, 0.1) is 0 Å². The Morgan fingerprint density at radius 3 is 2.81 bits per heavy atom. The molecule has 0 fully saturated rings. The van der Waals surface area contributed by atoms with Gasteiger partial charge in [-0.1, -0.05) is 30.3 Å². The van der Waals surface area contributed by atoms with Crippen molar-refractivity contribution in [1.82, 2.24) is 4.90 Å². The van der Waals surface area contributed by atoms with Crippen LogP contribution in [-0.4, -0.2) is 17.3 Å². The molecule has 2 aliphatic rings. The largest absolute Gasteiger partial charge is 0.330 e. The molecule has 2 heterocycles. The number of allylic oxidation sites excluding steroid dienone is 2. The molecule has 3 rings (SSSR count). The molecular weight excluding hydrogens is 264 g/mol. The summed E-state index contributed by atoms with van der Waals surface area (Å²) in [5.41, 5.74) is 1.28. The Morgan fingerprint density at radius 1 is 1.19 bits per heavy atom. The van der Waals surface area contributed by atoms with Gasteiger partial charge in [0.25, 0.3) is 0 Å². The lowest BCUT2D eigenvalue weighted by Crippen LogP contribution is -2.22. The summed E-state index contributed by atoms with van der Waals surface area (Å²) >= 11 is 3.48. The SMILES string of the molecule is BrC1=CN2C[C@@H](c3ccccc3)N=C2C=C1. The van der Waals surface area contributed by atoms with Crippen LogP contribution in [0.2, 0.25) is 0 Å². The highest BCUT2D eigenvalue weighted by Crippen LogP contribution is 2.28. The number of nitrogens with zero attached hydrogens (tertiary/aromatic N) is 2. The number of aliphatic imine (C=N–C) groups is 1. The Bertz CT molecular complexity index is 488. The van der Waals surface area contributed by atoms with Gasteiger partial charge in [-0.3, -0.25) is 4.99 Å². The van der Waals surface area contributed by atoms with Gasteiger partial charge in [0.05, 0.1) is 12.6 Å². The minimum absolute atomic E-state index is 0.260. The monoisotopic (exact) mass is 274 g/mol. The minimum Gasteiger partial charge on any atom is -0.330 e. The molecule has 2 aliphatic heterocycles. The third-order valence-electron chi connectivity index (χ3n) is 2.81. The van der Waals surface area contributed by atoms with Crippen molar-refractivity contribution in [2.45, 2.75) is 6.04 Å². The lowest BCUT2D eigenvalue weighted by atomic mass is 10.1. The smallest absolute Gasteiger partial charge is 0.128 e. The lowest BCUT2D eigenvalue weighted by Gasteiger charge is -2.17. The Morgan fingerprint density at radius 2 is 2.00 bits per heavy atom. The summed E-state index contributed by atoms with van der Waals surface area (Å²) in [6.45, 7) is 0.929. The van der Waals surface area contributed by atoms with Crippen molar-refractivity contribution >= 4 is 21.8 Å². The van der Waals surface area contributed by atoms with Crippen LogP contribution in [0.1, 0.15) is 11.6 Å². The maximum atomic E-state index is 4.71. The molecule has 1 atom stereocenters. The fourth-order valence-corrected chi connectivity index (χ4v) is 2.39. The lowest BCUT2D eigenvalue weighted by molar-refractivity contribution is 0.549. The first-order valence-corrected chi connectivity index (χ1v) is 6.07. The maximum Gasteiger partial charge on any atom is 0.128 e. The summed E-state index contributed by atoms with van der Waals surface area (Å²) < 4.78 is 1.10. The Hall–Kier alpha value is -1.35. The number of hydrogen-bond acceptors (Lipinski definition) is 2. The first-order valence-electron chi connectivity index (χ1n) is 5.28. The predicted octanol–water partition coefficient (Wildman–Crippen LogP) is 3.25. The zero-order valence-corrected chi connectivity index (χ0v) is 10.3. The van der Waals surface area contributed by atoms with Gasteiger partial charge in [0, 0.05) is 10.7 Å². The minimum atomic E-state index is 0.260. The molecule has 2 nitrogen and oxygen atoms in total. The Balaban J connectivity index is 1.89. The van der Waals surface area contributed by atoms with E-state index >= 15 is 0 Å². The average Bonchev–Trinajstić information content (AvgIpc) is 2.73. The summed E-state index contributed by atoms with van der Waals surface area (Å²) in [6, 6.07) is 10.7. The zero-order valence-electron chi connectivity index (χ0n) is 8.68. The quantitative estimate of drug-likeness (QED) is 0.768. The van der Waals surface area contributed by atoms with Gasteiger partial charge >= 0.3 is 0 Å². The van der Waals surface area contributed by atoms with Crippen molar-refractivity contribution in [2.24, 2.45) is 4.99 Å². The predicted molar refractivity (Wildman–Crippen MR) is 69.5 cm³/mol. The van der Waals surface area contributed by atoms with E-state index in [-0.39, 0.29) is 6.04 Å². The number of rotatable bonds is 1. The van der Waals surface area contributed by atoms with Gasteiger partial charge in [-0.15, -0.1) is 0 Å². The molecule has 0 radical (unpaired) electrons. The second-order valence-electron chi connectivity index (χ2n) is 3.91. The van der Waals surface area contributed by atoms with Crippen LogP contribution in [0.5, 0.6) is 0 Å². The summed E-state index contributed by atoms with van der Waals surface area (Å²) in [4.78, 5) is 6.89. The molecule has 0 aromatic heterocycles. The molecule has 1 aromatic rings. The number of hydrogen-bond donors (Lipinski definition) is 0. The number of fused-ring (bicyclic) bond motifs is 1. The van der Waals surface area contributed by atoms with Crippen molar-refractivity contribution < 1.29 is 0 Å². The van der Waals surface area contributed by atoms with Gasteiger partial charge in [0.2, 0.25) is 0 Å². The van der Waals surface area contributed by atoms with E-state index in [1.807, 2.05) is 18.2 Å². The third kappa shape index (κ3) is 1.71. The van der Waals surface area contributed by atoms with Crippen LogP contribution < -0.4 is 0 Å². The van der Waals surface area contributed by atoms with Crippen LogP contribution >= 0.6 is 15.9 Å². The van der Waals surface area contributed by atoms with E-state index in [0.29, 0.717) is 0 Å².